The molecule has 0 amide bonds. The van der Waals surface area contributed by atoms with E-state index in [1.807, 2.05) is 6.92 Å². The summed E-state index contributed by atoms with van der Waals surface area (Å²) in [5, 5.41) is 10.5. The minimum atomic E-state index is -0.446. The number of hydrogen-bond acceptors (Lipinski definition) is 3. The summed E-state index contributed by atoms with van der Waals surface area (Å²) in [5.41, 5.74) is 12.1. The molecule has 0 aliphatic rings. The van der Waals surface area contributed by atoms with Crippen molar-refractivity contribution in [1.29, 1.82) is 0 Å². The van der Waals surface area contributed by atoms with Crippen molar-refractivity contribution in [1.82, 2.24) is 0 Å². The van der Waals surface area contributed by atoms with Crippen molar-refractivity contribution in [2.45, 2.75) is 13.5 Å². The molecule has 0 atom stereocenters. The van der Waals surface area contributed by atoms with Crippen molar-refractivity contribution in [3.63, 3.8) is 0 Å². The Hall–Kier alpha value is -2.11. The molecule has 0 spiro atoms. The minimum Gasteiger partial charge on any atom is -0.370 e. The van der Waals surface area contributed by atoms with Crippen molar-refractivity contribution < 1.29 is 4.92 Å². The van der Waals surface area contributed by atoms with Crippen LogP contribution < -0.4 is 11.5 Å². The highest BCUT2D eigenvalue weighted by Crippen LogP contribution is 2.17. The Bertz CT molecular complexity index is 411. The van der Waals surface area contributed by atoms with Crippen LogP contribution in [0.2, 0.25) is 0 Å². The van der Waals surface area contributed by atoms with E-state index in [1.54, 1.807) is 6.07 Å². The van der Waals surface area contributed by atoms with Crippen LogP contribution in [0.4, 0.5) is 5.69 Å². The molecule has 1 aromatic carbocycles. The number of benzene rings is 1. The lowest BCUT2D eigenvalue weighted by Gasteiger charge is -2.02. The molecule has 80 valence electrons. The molecule has 15 heavy (non-hydrogen) atoms. The summed E-state index contributed by atoms with van der Waals surface area (Å²) >= 11 is 0. The monoisotopic (exact) mass is 208 g/mol. The van der Waals surface area contributed by atoms with E-state index in [1.165, 1.54) is 12.1 Å². The van der Waals surface area contributed by atoms with Gasteiger partial charge in [0.2, 0.25) is 0 Å². The summed E-state index contributed by atoms with van der Waals surface area (Å²) in [5.74, 6) is -0.0269. The van der Waals surface area contributed by atoms with E-state index in [0.717, 1.165) is 11.1 Å². The van der Waals surface area contributed by atoms with Crippen LogP contribution in [0.1, 0.15) is 11.1 Å². The van der Waals surface area contributed by atoms with Crippen molar-refractivity contribution in [3.8, 4) is 0 Å². The fourth-order valence-electron chi connectivity index (χ4n) is 1.12. The van der Waals surface area contributed by atoms with Crippen LogP contribution >= 0.6 is 0 Å². The molecule has 1 rings (SSSR count). The number of guanidine groups is 1. The number of nitrogens with zero attached hydrogens (tertiary/aromatic N) is 2. The van der Waals surface area contributed by atoms with Crippen LogP contribution in [0.25, 0.3) is 0 Å². The van der Waals surface area contributed by atoms with Gasteiger partial charge in [0.05, 0.1) is 11.5 Å². The van der Waals surface area contributed by atoms with E-state index in [9.17, 15) is 10.1 Å². The Morgan fingerprint density at radius 1 is 1.53 bits per heavy atom. The van der Waals surface area contributed by atoms with Crippen LogP contribution in [0.3, 0.4) is 0 Å². The highest BCUT2D eigenvalue weighted by atomic mass is 16.6. The maximum Gasteiger partial charge on any atom is 0.269 e. The van der Waals surface area contributed by atoms with Crippen LogP contribution in [0.15, 0.2) is 23.2 Å². The summed E-state index contributed by atoms with van der Waals surface area (Å²) < 4.78 is 0. The average molecular weight is 208 g/mol. The van der Waals surface area contributed by atoms with Gasteiger partial charge in [0.1, 0.15) is 0 Å². The Kier molecular flexibility index (Phi) is 3.22. The molecule has 0 fully saturated rings. The molecule has 1 aromatic rings. The maximum atomic E-state index is 10.5. The number of nitro groups is 1. The molecule has 0 heterocycles. The first kappa shape index (κ1) is 11.0. The predicted octanol–water partition coefficient (Wildman–Crippen LogP) is 0.677. The second kappa shape index (κ2) is 4.41. The third-order valence-electron chi connectivity index (χ3n) is 1.98. The van der Waals surface area contributed by atoms with Crippen molar-refractivity contribution >= 4 is 11.6 Å². The van der Waals surface area contributed by atoms with E-state index in [-0.39, 0.29) is 18.2 Å². The van der Waals surface area contributed by atoms with E-state index >= 15 is 0 Å². The number of nitro benzene ring substituents is 1. The first-order valence-electron chi connectivity index (χ1n) is 4.30. The summed E-state index contributed by atoms with van der Waals surface area (Å²) in [6, 6.07) is 4.60. The largest absolute Gasteiger partial charge is 0.370 e. The van der Waals surface area contributed by atoms with Gasteiger partial charge in [-0.3, -0.25) is 10.1 Å². The molecule has 6 nitrogen and oxygen atoms in total. The molecule has 0 unspecified atom stereocenters. The van der Waals surface area contributed by atoms with Crippen LogP contribution in [0.5, 0.6) is 0 Å². The van der Waals surface area contributed by atoms with Crippen LogP contribution in [-0.4, -0.2) is 10.9 Å². The zero-order valence-electron chi connectivity index (χ0n) is 8.30. The molecule has 6 heteroatoms. The number of rotatable bonds is 3. The van der Waals surface area contributed by atoms with Crippen LogP contribution in [-0.2, 0) is 6.54 Å². The van der Waals surface area contributed by atoms with Crippen molar-refractivity contribution in [2.24, 2.45) is 16.5 Å². The minimum absolute atomic E-state index is 0.0269. The Morgan fingerprint density at radius 3 is 2.73 bits per heavy atom. The predicted molar refractivity (Wildman–Crippen MR) is 57.3 cm³/mol. The quantitative estimate of drug-likeness (QED) is 0.329. The molecule has 0 aromatic heterocycles. The first-order valence-corrected chi connectivity index (χ1v) is 4.30. The Labute approximate surface area is 86.8 Å². The van der Waals surface area contributed by atoms with Gasteiger partial charge in [0.15, 0.2) is 5.96 Å². The fourth-order valence-corrected chi connectivity index (χ4v) is 1.12. The molecule has 0 aliphatic heterocycles. The summed E-state index contributed by atoms with van der Waals surface area (Å²) in [6.07, 6.45) is 0. The lowest BCUT2D eigenvalue weighted by atomic mass is 10.1. The zero-order valence-corrected chi connectivity index (χ0v) is 8.30. The third kappa shape index (κ3) is 2.94. The summed E-state index contributed by atoms with van der Waals surface area (Å²) in [7, 11) is 0. The third-order valence-corrected chi connectivity index (χ3v) is 1.98. The molecule has 0 aliphatic carbocycles. The van der Waals surface area contributed by atoms with E-state index in [0.29, 0.717) is 0 Å². The van der Waals surface area contributed by atoms with Crippen molar-refractivity contribution in [2.75, 3.05) is 0 Å². The lowest BCUT2D eigenvalue weighted by Crippen LogP contribution is -2.22. The van der Waals surface area contributed by atoms with Gasteiger partial charge in [-0.2, -0.15) is 0 Å². The Balaban J connectivity index is 3.00. The molecular formula is C9H12N4O2. The molecule has 0 bridgehead atoms. The second-order valence-electron chi connectivity index (χ2n) is 3.11. The number of nitrogens with two attached hydrogens (primary N) is 2. The van der Waals surface area contributed by atoms with Crippen LogP contribution in [0, 0.1) is 17.0 Å². The number of aliphatic imine (C=N–C) groups is 1. The normalized spacial score (nSPS) is 9.67. The number of hydrogen-bond donors (Lipinski definition) is 2. The molecular weight excluding hydrogens is 196 g/mol. The molecule has 4 N–H and O–H groups in total. The highest BCUT2D eigenvalue weighted by Gasteiger charge is 2.07. The molecule has 0 saturated carbocycles. The first-order chi connectivity index (χ1) is 7.00. The van der Waals surface area contributed by atoms with Gasteiger partial charge in [0.25, 0.3) is 5.69 Å². The topological polar surface area (TPSA) is 108 Å². The van der Waals surface area contributed by atoms with Gasteiger partial charge >= 0.3 is 0 Å². The van der Waals surface area contributed by atoms with Gasteiger partial charge in [-0.1, -0.05) is 6.07 Å². The number of non-ortho nitro benzene ring substituents is 1. The standard InChI is InChI=1S/C9H12N4O2/c1-6-2-3-8(13(14)15)4-7(6)5-12-9(10)11/h2-4H,5H2,1H3,(H4,10,11,12). The Morgan fingerprint density at radius 2 is 2.20 bits per heavy atom. The van der Waals surface area contributed by atoms with Gasteiger partial charge in [-0.05, 0) is 18.1 Å². The smallest absolute Gasteiger partial charge is 0.269 e. The average Bonchev–Trinajstić information content (AvgIpc) is 2.16. The second-order valence-corrected chi connectivity index (χ2v) is 3.11. The fraction of sp³-hybridized carbons (Fsp3) is 0.222. The number of aryl methyl sites for hydroxylation is 1. The van der Waals surface area contributed by atoms with Gasteiger partial charge in [0, 0.05) is 12.1 Å². The van der Waals surface area contributed by atoms with Gasteiger partial charge in [-0.25, -0.2) is 4.99 Å². The summed E-state index contributed by atoms with van der Waals surface area (Å²) in [6.45, 7) is 2.11. The van der Waals surface area contributed by atoms with Crippen molar-refractivity contribution in [3.05, 3.63) is 39.4 Å². The van der Waals surface area contributed by atoms with Gasteiger partial charge in [-0.15, -0.1) is 0 Å². The summed E-state index contributed by atoms with van der Waals surface area (Å²) in [4.78, 5) is 13.9. The van der Waals surface area contributed by atoms with E-state index in [4.69, 9.17) is 11.5 Å². The zero-order chi connectivity index (χ0) is 11.4. The van der Waals surface area contributed by atoms with E-state index < -0.39 is 4.92 Å². The molecule has 0 saturated heterocycles. The SMILES string of the molecule is Cc1ccc([N+](=O)[O-])cc1CN=C(N)N. The highest BCUT2D eigenvalue weighted by molar-refractivity contribution is 5.75. The molecule has 0 radical (unpaired) electrons. The maximum absolute atomic E-state index is 10.5. The van der Waals surface area contributed by atoms with E-state index in [2.05, 4.69) is 4.99 Å². The van der Waals surface area contributed by atoms with Gasteiger partial charge < -0.3 is 11.5 Å². The lowest BCUT2D eigenvalue weighted by molar-refractivity contribution is -0.384.